The average molecular weight is 401 g/mol. The summed E-state index contributed by atoms with van der Waals surface area (Å²) in [6, 6.07) is 8.59. The molecule has 0 atom stereocenters. The number of anilines is 1. The fraction of sp³-hybridized carbons (Fsp3) is 0.409. The maximum Gasteiger partial charge on any atom is 0.255 e. The summed E-state index contributed by atoms with van der Waals surface area (Å²) in [7, 11) is 0. The predicted octanol–water partition coefficient (Wildman–Crippen LogP) is 4.64. The normalized spacial score (nSPS) is 13.7. The Bertz CT molecular complexity index is 866. The van der Waals surface area contributed by atoms with Crippen LogP contribution in [0.15, 0.2) is 30.3 Å². The molecule has 0 aromatic heterocycles. The quantitative estimate of drug-likeness (QED) is 0.694. The molecule has 29 heavy (non-hydrogen) atoms. The molecule has 3 rings (SSSR count). The minimum atomic E-state index is -0.723. The Morgan fingerprint density at radius 2 is 1.48 bits per heavy atom. The van der Waals surface area contributed by atoms with E-state index in [-0.39, 0.29) is 5.91 Å². The van der Waals surface area contributed by atoms with Gasteiger partial charge in [-0.2, -0.15) is 0 Å². The molecule has 0 radical (unpaired) electrons. The van der Waals surface area contributed by atoms with Crippen molar-refractivity contribution >= 4 is 11.6 Å². The molecule has 0 unspecified atom stereocenters. The fourth-order valence-electron chi connectivity index (χ4n) is 3.02. The molecule has 0 bridgehead atoms. The third kappa shape index (κ3) is 4.67. The molecular weight excluding hydrogens is 374 g/mol. The number of rotatable bonds is 8. The Morgan fingerprint density at radius 1 is 0.897 bits per heavy atom. The highest BCUT2D eigenvalue weighted by atomic mass is 16.7. The second-order valence-electron chi connectivity index (χ2n) is 6.82. The maximum absolute atomic E-state index is 12.9. The molecular formula is C22H27NO6. The maximum atomic E-state index is 12.9. The fourth-order valence-corrected chi connectivity index (χ4v) is 3.02. The van der Waals surface area contributed by atoms with Crippen molar-refractivity contribution < 1.29 is 28.5 Å². The summed E-state index contributed by atoms with van der Waals surface area (Å²) in [5, 5.41) is 2.88. The largest absolute Gasteiger partial charge is 0.490 e. The van der Waals surface area contributed by atoms with Crippen LogP contribution >= 0.6 is 0 Å². The van der Waals surface area contributed by atoms with E-state index in [2.05, 4.69) is 5.32 Å². The Kier molecular flexibility index (Phi) is 6.06. The van der Waals surface area contributed by atoms with E-state index in [1.54, 1.807) is 30.3 Å². The molecule has 156 valence electrons. The molecule has 0 fully saturated rings. The van der Waals surface area contributed by atoms with Gasteiger partial charge in [0.05, 0.1) is 19.8 Å². The van der Waals surface area contributed by atoms with Crippen LogP contribution in [0.25, 0.3) is 0 Å². The number of ether oxygens (including phenoxy) is 5. The molecule has 1 heterocycles. The first-order valence-corrected chi connectivity index (χ1v) is 9.76. The monoisotopic (exact) mass is 401 g/mol. The van der Waals surface area contributed by atoms with E-state index in [4.69, 9.17) is 23.7 Å². The lowest BCUT2D eigenvalue weighted by molar-refractivity contribution is -0.0431. The van der Waals surface area contributed by atoms with Crippen LogP contribution < -0.4 is 29.0 Å². The molecule has 2 aromatic rings. The van der Waals surface area contributed by atoms with Gasteiger partial charge < -0.3 is 29.0 Å². The zero-order chi connectivity index (χ0) is 21.0. The summed E-state index contributed by atoms with van der Waals surface area (Å²) in [5.41, 5.74) is 0.998. The van der Waals surface area contributed by atoms with Gasteiger partial charge in [0.25, 0.3) is 5.91 Å². The van der Waals surface area contributed by atoms with Crippen LogP contribution in [0.5, 0.6) is 28.7 Å². The Morgan fingerprint density at radius 3 is 2.07 bits per heavy atom. The van der Waals surface area contributed by atoms with Crippen molar-refractivity contribution in [1.82, 2.24) is 0 Å². The highest BCUT2D eigenvalue weighted by molar-refractivity contribution is 6.05. The van der Waals surface area contributed by atoms with Crippen LogP contribution in [0.4, 0.5) is 5.69 Å². The lowest BCUT2D eigenvalue weighted by atomic mass is 10.1. The number of benzene rings is 2. The van der Waals surface area contributed by atoms with Crippen LogP contribution in [-0.4, -0.2) is 31.5 Å². The second kappa shape index (κ2) is 8.51. The van der Waals surface area contributed by atoms with Crippen molar-refractivity contribution in [3.63, 3.8) is 0 Å². The Labute approximate surface area is 170 Å². The van der Waals surface area contributed by atoms with Crippen molar-refractivity contribution in [2.75, 3.05) is 25.1 Å². The van der Waals surface area contributed by atoms with Gasteiger partial charge in [0.15, 0.2) is 23.0 Å². The Hall–Kier alpha value is -3.09. The minimum absolute atomic E-state index is 0.298. The van der Waals surface area contributed by atoms with Crippen molar-refractivity contribution in [3.8, 4) is 28.7 Å². The van der Waals surface area contributed by atoms with Gasteiger partial charge in [-0.15, -0.1) is 0 Å². The minimum Gasteiger partial charge on any atom is -0.490 e. The summed E-state index contributed by atoms with van der Waals surface area (Å²) in [6.07, 6.45) is 0. The number of carbonyl (C=O) groups is 1. The standard InChI is InChI=1S/C22H27NO6/c1-6-25-18-11-14(12-19(26-7-2)20(18)27-8-3)21(24)23-15-9-10-16-17(13-15)29-22(4,5)28-16/h9-13H,6-8H2,1-5H3,(H,23,24). The molecule has 1 N–H and O–H groups in total. The third-order valence-electron chi connectivity index (χ3n) is 4.08. The number of carbonyl (C=O) groups excluding carboxylic acids is 1. The number of hydrogen-bond donors (Lipinski definition) is 1. The van der Waals surface area contributed by atoms with Crippen LogP contribution in [0, 0.1) is 0 Å². The first-order chi connectivity index (χ1) is 13.9. The molecule has 2 aromatic carbocycles. The van der Waals surface area contributed by atoms with E-state index in [0.29, 0.717) is 59.8 Å². The highest BCUT2D eigenvalue weighted by Gasteiger charge is 2.31. The van der Waals surface area contributed by atoms with Gasteiger partial charge >= 0.3 is 0 Å². The molecule has 1 aliphatic rings. The van der Waals surface area contributed by atoms with Gasteiger partial charge in [-0.05, 0) is 45.0 Å². The van der Waals surface area contributed by atoms with Gasteiger partial charge in [0.2, 0.25) is 11.5 Å². The van der Waals surface area contributed by atoms with Gasteiger partial charge in [-0.1, -0.05) is 0 Å². The number of nitrogens with one attached hydrogen (secondary N) is 1. The third-order valence-corrected chi connectivity index (χ3v) is 4.08. The summed E-state index contributed by atoms with van der Waals surface area (Å²) in [5.74, 6) is 1.65. The van der Waals surface area contributed by atoms with Gasteiger partial charge in [-0.25, -0.2) is 0 Å². The van der Waals surface area contributed by atoms with Gasteiger partial charge in [0, 0.05) is 31.2 Å². The summed E-state index contributed by atoms with van der Waals surface area (Å²) in [4.78, 5) is 12.9. The molecule has 0 spiro atoms. The molecule has 0 saturated heterocycles. The van der Waals surface area contributed by atoms with Crippen LogP contribution in [0.2, 0.25) is 0 Å². The van der Waals surface area contributed by atoms with E-state index in [1.165, 1.54) is 0 Å². The topological polar surface area (TPSA) is 75.3 Å². The molecule has 7 nitrogen and oxygen atoms in total. The summed E-state index contributed by atoms with van der Waals surface area (Å²) in [6.45, 7) is 10.6. The molecule has 7 heteroatoms. The van der Waals surface area contributed by atoms with E-state index in [1.807, 2.05) is 34.6 Å². The predicted molar refractivity (Wildman–Crippen MR) is 110 cm³/mol. The SMILES string of the molecule is CCOc1cc(C(=O)Nc2ccc3c(c2)OC(C)(C)O3)cc(OCC)c1OCC. The lowest BCUT2D eigenvalue weighted by Crippen LogP contribution is -2.29. The second-order valence-corrected chi connectivity index (χ2v) is 6.82. The average Bonchev–Trinajstić information content (AvgIpc) is 2.97. The summed E-state index contributed by atoms with van der Waals surface area (Å²) >= 11 is 0. The van der Waals surface area contributed by atoms with Crippen LogP contribution in [-0.2, 0) is 0 Å². The van der Waals surface area contributed by atoms with Crippen molar-refractivity contribution in [2.45, 2.75) is 40.4 Å². The van der Waals surface area contributed by atoms with Crippen molar-refractivity contribution in [3.05, 3.63) is 35.9 Å². The number of fused-ring (bicyclic) bond motifs is 1. The lowest BCUT2D eigenvalue weighted by Gasteiger charge is -2.17. The Balaban J connectivity index is 1.87. The molecule has 0 saturated carbocycles. The van der Waals surface area contributed by atoms with E-state index >= 15 is 0 Å². The van der Waals surface area contributed by atoms with E-state index in [0.717, 1.165) is 0 Å². The van der Waals surface area contributed by atoms with Crippen LogP contribution in [0.1, 0.15) is 45.0 Å². The molecule has 0 aliphatic carbocycles. The number of amides is 1. The van der Waals surface area contributed by atoms with Gasteiger partial charge in [0.1, 0.15) is 0 Å². The molecule has 1 aliphatic heterocycles. The number of hydrogen-bond acceptors (Lipinski definition) is 6. The smallest absolute Gasteiger partial charge is 0.255 e. The zero-order valence-electron chi connectivity index (χ0n) is 17.5. The summed E-state index contributed by atoms with van der Waals surface area (Å²) < 4.78 is 28.5. The first-order valence-electron chi connectivity index (χ1n) is 9.76. The van der Waals surface area contributed by atoms with E-state index in [9.17, 15) is 4.79 Å². The molecule has 1 amide bonds. The van der Waals surface area contributed by atoms with E-state index < -0.39 is 5.79 Å². The highest BCUT2D eigenvalue weighted by Crippen LogP contribution is 2.41. The van der Waals surface area contributed by atoms with Crippen molar-refractivity contribution in [2.24, 2.45) is 0 Å². The van der Waals surface area contributed by atoms with Crippen LogP contribution in [0.3, 0.4) is 0 Å². The first kappa shape index (κ1) is 20.6. The zero-order valence-corrected chi connectivity index (χ0v) is 17.5. The van der Waals surface area contributed by atoms with Crippen molar-refractivity contribution in [1.29, 1.82) is 0 Å². The van der Waals surface area contributed by atoms with Gasteiger partial charge in [-0.3, -0.25) is 4.79 Å².